The Labute approximate surface area is 117 Å². The smallest absolute Gasteiger partial charge is 0.223 e. The Morgan fingerprint density at radius 1 is 1.45 bits per heavy atom. The van der Waals surface area contributed by atoms with Gasteiger partial charge in [-0.2, -0.15) is 0 Å². The molecule has 2 N–H and O–H groups in total. The summed E-state index contributed by atoms with van der Waals surface area (Å²) in [6.45, 7) is 0.183. The molecule has 5 heteroatoms. The van der Waals surface area contributed by atoms with E-state index in [4.69, 9.17) is 4.74 Å². The van der Waals surface area contributed by atoms with Crippen LogP contribution in [0.5, 0.6) is 0 Å². The summed E-state index contributed by atoms with van der Waals surface area (Å²) >= 11 is 0. The van der Waals surface area contributed by atoms with Crippen LogP contribution in [0.4, 0.5) is 4.39 Å². The van der Waals surface area contributed by atoms with E-state index in [0.717, 1.165) is 0 Å². The van der Waals surface area contributed by atoms with E-state index < -0.39 is 6.10 Å². The number of hydrogen-bond acceptors (Lipinski definition) is 3. The van der Waals surface area contributed by atoms with E-state index in [1.54, 1.807) is 18.2 Å². The summed E-state index contributed by atoms with van der Waals surface area (Å²) < 4.78 is 18.6. The molecule has 1 aliphatic carbocycles. The first-order valence-electron chi connectivity index (χ1n) is 6.83. The number of carbonyl (C=O) groups excluding carboxylic acids is 1. The Balaban J connectivity index is 1.88. The normalized spacial score (nSPS) is 26.2. The van der Waals surface area contributed by atoms with Crippen molar-refractivity contribution in [1.82, 2.24) is 5.32 Å². The molecule has 4 nitrogen and oxygen atoms in total. The molecular formula is C15H20FNO3. The van der Waals surface area contributed by atoms with Gasteiger partial charge in [-0.25, -0.2) is 4.39 Å². The van der Waals surface area contributed by atoms with E-state index in [1.807, 2.05) is 0 Å². The molecule has 0 bridgehead atoms. The first-order chi connectivity index (χ1) is 9.61. The Kier molecular flexibility index (Phi) is 5.09. The molecule has 0 saturated heterocycles. The Hall–Kier alpha value is -1.46. The van der Waals surface area contributed by atoms with Crippen LogP contribution in [0.1, 0.15) is 24.8 Å². The molecule has 0 unspecified atom stereocenters. The minimum atomic E-state index is -0.504. The van der Waals surface area contributed by atoms with Crippen LogP contribution in [0, 0.1) is 11.7 Å². The van der Waals surface area contributed by atoms with Crippen molar-refractivity contribution in [3.8, 4) is 0 Å². The zero-order valence-corrected chi connectivity index (χ0v) is 11.5. The minimum Gasteiger partial charge on any atom is -0.390 e. The van der Waals surface area contributed by atoms with E-state index >= 15 is 0 Å². The largest absolute Gasteiger partial charge is 0.390 e. The third-order valence-corrected chi connectivity index (χ3v) is 3.84. The zero-order chi connectivity index (χ0) is 14.5. The quantitative estimate of drug-likeness (QED) is 0.881. The lowest BCUT2D eigenvalue weighted by molar-refractivity contribution is -0.130. The average molecular weight is 281 g/mol. The molecule has 1 saturated carbocycles. The second-order valence-electron chi connectivity index (χ2n) is 5.16. The molecule has 1 aromatic rings. The van der Waals surface area contributed by atoms with Crippen LogP contribution < -0.4 is 5.32 Å². The zero-order valence-electron chi connectivity index (χ0n) is 11.5. The lowest BCUT2D eigenvalue weighted by atomic mass is 9.84. The van der Waals surface area contributed by atoms with Gasteiger partial charge in [0.25, 0.3) is 0 Å². The summed E-state index contributed by atoms with van der Waals surface area (Å²) in [5.74, 6) is -0.612. The van der Waals surface area contributed by atoms with E-state index in [-0.39, 0.29) is 30.3 Å². The Bertz CT molecular complexity index is 466. The predicted molar refractivity (Wildman–Crippen MR) is 72.4 cm³/mol. The molecule has 1 aromatic carbocycles. The van der Waals surface area contributed by atoms with Crippen LogP contribution in [0.25, 0.3) is 0 Å². The second-order valence-corrected chi connectivity index (χ2v) is 5.16. The van der Waals surface area contributed by atoms with Gasteiger partial charge in [-0.3, -0.25) is 4.79 Å². The highest BCUT2D eigenvalue weighted by Crippen LogP contribution is 2.26. The summed E-state index contributed by atoms with van der Waals surface area (Å²) in [5, 5.41) is 12.5. The number of halogens is 1. The third-order valence-electron chi connectivity index (χ3n) is 3.84. The topological polar surface area (TPSA) is 58.6 Å². The van der Waals surface area contributed by atoms with Gasteiger partial charge in [-0.15, -0.1) is 0 Å². The number of nitrogens with one attached hydrogen (secondary N) is 1. The minimum absolute atomic E-state index is 0.109. The number of benzene rings is 1. The first-order valence-corrected chi connectivity index (χ1v) is 6.83. The highest BCUT2D eigenvalue weighted by Gasteiger charge is 2.32. The molecule has 3 atom stereocenters. The summed E-state index contributed by atoms with van der Waals surface area (Å²) in [6, 6.07) is 6.38. The van der Waals surface area contributed by atoms with Gasteiger partial charge in [0.2, 0.25) is 5.91 Å². The van der Waals surface area contributed by atoms with Gasteiger partial charge in [0.15, 0.2) is 0 Å². The average Bonchev–Trinajstić information content (AvgIpc) is 2.46. The molecule has 0 aromatic heterocycles. The molecular weight excluding hydrogens is 261 g/mol. The summed E-state index contributed by atoms with van der Waals surface area (Å²) in [4.78, 5) is 12.1. The highest BCUT2D eigenvalue weighted by molar-refractivity contribution is 5.78. The molecule has 1 amide bonds. The predicted octanol–water partition coefficient (Wildman–Crippen LogP) is 1.62. The van der Waals surface area contributed by atoms with E-state index in [2.05, 4.69) is 5.32 Å². The number of methoxy groups -OCH3 is 1. The van der Waals surface area contributed by atoms with Gasteiger partial charge >= 0.3 is 0 Å². The van der Waals surface area contributed by atoms with Crippen molar-refractivity contribution in [1.29, 1.82) is 0 Å². The molecule has 0 aliphatic heterocycles. The van der Waals surface area contributed by atoms with Crippen molar-refractivity contribution in [3.05, 3.63) is 35.6 Å². The maximum atomic E-state index is 13.4. The lowest BCUT2D eigenvalue weighted by Crippen LogP contribution is -2.41. The van der Waals surface area contributed by atoms with E-state index in [1.165, 1.54) is 13.2 Å². The van der Waals surface area contributed by atoms with Crippen LogP contribution in [0.3, 0.4) is 0 Å². The number of aliphatic hydroxyl groups is 1. The van der Waals surface area contributed by atoms with Gasteiger partial charge in [0.1, 0.15) is 5.82 Å². The lowest BCUT2D eigenvalue weighted by Gasteiger charge is -2.31. The number of amides is 1. The summed E-state index contributed by atoms with van der Waals surface area (Å²) in [5.41, 5.74) is 0.472. The van der Waals surface area contributed by atoms with Crippen LogP contribution in [0.15, 0.2) is 24.3 Å². The number of aliphatic hydroxyl groups excluding tert-OH is 1. The maximum Gasteiger partial charge on any atom is 0.223 e. The van der Waals surface area contributed by atoms with Gasteiger partial charge < -0.3 is 15.2 Å². The molecule has 2 rings (SSSR count). The fourth-order valence-electron chi connectivity index (χ4n) is 2.57. The maximum absolute atomic E-state index is 13.4. The number of hydrogen-bond donors (Lipinski definition) is 2. The van der Waals surface area contributed by atoms with Gasteiger partial charge in [-0.05, 0) is 25.3 Å². The first kappa shape index (κ1) is 14.9. The van der Waals surface area contributed by atoms with Gasteiger partial charge in [-0.1, -0.05) is 18.2 Å². The van der Waals surface area contributed by atoms with Crippen LogP contribution in [-0.2, 0) is 16.1 Å². The molecule has 20 heavy (non-hydrogen) atoms. The summed E-state index contributed by atoms with van der Waals surface area (Å²) in [7, 11) is 1.54. The molecule has 0 heterocycles. The van der Waals surface area contributed by atoms with Crippen molar-refractivity contribution < 1.29 is 19.0 Å². The number of rotatable bonds is 4. The molecule has 0 spiro atoms. The molecule has 1 fully saturated rings. The van der Waals surface area contributed by atoms with Crippen molar-refractivity contribution in [2.45, 2.75) is 38.0 Å². The number of carbonyl (C=O) groups is 1. The molecule has 1 aliphatic rings. The van der Waals surface area contributed by atoms with Crippen LogP contribution in [-0.4, -0.2) is 30.3 Å². The fraction of sp³-hybridized carbons (Fsp3) is 0.533. The third kappa shape index (κ3) is 3.55. The SMILES string of the molecule is CO[C@@H]1C[C@H](C(=O)NCc2ccccc2F)CC[C@@H]1O. The monoisotopic (exact) mass is 281 g/mol. The van der Waals surface area contributed by atoms with Crippen molar-refractivity contribution >= 4 is 5.91 Å². The molecule has 0 radical (unpaired) electrons. The highest BCUT2D eigenvalue weighted by atomic mass is 19.1. The summed E-state index contributed by atoms with van der Waals surface area (Å²) in [6.07, 6.45) is 0.879. The Morgan fingerprint density at radius 2 is 2.20 bits per heavy atom. The van der Waals surface area contributed by atoms with E-state index in [0.29, 0.717) is 24.8 Å². The van der Waals surface area contributed by atoms with E-state index in [9.17, 15) is 14.3 Å². The van der Waals surface area contributed by atoms with Crippen molar-refractivity contribution in [2.75, 3.05) is 7.11 Å². The van der Waals surface area contributed by atoms with Gasteiger partial charge in [0, 0.05) is 25.1 Å². The second kappa shape index (κ2) is 6.81. The van der Waals surface area contributed by atoms with Crippen LogP contribution in [0.2, 0.25) is 0 Å². The Morgan fingerprint density at radius 3 is 2.90 bits per heavy atom. The van der Waals surface area contributed by atoms with Crippen molar-refractivity contribution in [2.24, 2.45) is 5.92 Å². The standard InChI is InChI=1S/C15H20FNO3/c1-20-14-8-10(6-7-13(14)18)15(19)17-9-11-4-2-3-5-12(11)16/h2-5,10,13-14,18H,6-9H2,1H3,(H,17,19)/t10-,13+,14-/m1/s1. The fourth-order valence-corrected chi connectivity index (χ4v) is 2.57. The number of ether oxygens (including phenoxy) is 1. The van der Waals surface area contributed by atoms with Gasteiger partial charge in [0.05, 0.1) is 12.2 Å². The van der Waals surface area contributed by atoms with Crippen LogP contribution >= 0.6 is 0 Å². The van der Waals surface area contributed by atoms with Crippen molar-refractivity contribution in [3.63, 3.8) is 0 Å². The molecule has 110 valence electrons.